The molecule has 0 fully saturated rings. The molecule has 0 radical (unpaired) electrons. The Morgan fingerprint density at radius 2 is 1.59 bits per heavy atom. The number of carbonyl (C=O) groups is 2. The van der Waals surface area contributed by atoms with Crippen molar-refractivity contribution >= 4 is 34.3 Å². The Bertz CT molecular complexity index is 677. The van der Waals surface area contributed by atoms with Crippen LogP contribution in [-0.4, -0.2) is 49.2 Å². The normalized spacial score (nSPS) is 10.8. The van der Waals surface area contributed by atoms with E-state index in [0.717, 1.165) is 50.9 Å². The van der Waals surface area contributed by atoms with Crippen LogP contribution < -0.4 is 9.47 Å². The molecule has 1 aromatic carbocycles. The van der Waals surface area contributed by atoms with E-state index < -0.39 is 0 Å². The lowest BCUT2D eigenvalue weighted by atomic mass is 10.0. The zero-order valence-electron chi connectivity index (χ0n) is 19.9. The quantitative estimate of drug-likeness (QED) is 0.0682. The molecule has 0 aromatic heterocycles. The molecule has 0 atom stereocenters. The Morgan fingerprint density at radius 1 is 0.906 bits per heavy atom. The summed E-state index contributed by atoms with van der Waals surface area (Å²) < 4.78 is 23.9. The van der Waals surface area contributed by atoms with E-state index in [0.29, 0.717) is 49.7 Å². The maximum atomic E-state index is 12.2. The van der Waals surface area contributed by atoms with Gasteiger partial charge in [0.25, 0.3) is 0 Å². The van der Waals surface area contributed by atoms with Gasteiger partial charge in [-0.3, -0.25) is 9.59 Å². The maximum Gasteiger partial charge on any atom is 0.305 e. The second-order valence-corrected chi connectivity index (χ2v) is 8.62. The maximum absolute atomic E-state index is 12.2. The fourth-order valence-corrected chi connectivity index (χ4v) is 3.73. The third-order valence-corrected chi connectivity index (χ3v) is 5.55. The van der Waals surface area contributed by atoms with Crippen molar-refractivity contribution in [2.24, 2.45) is 0 Å². The predicted molar refractivity (Wildman–Crippen MR) is 135 cm³/mol. The second kappa shape index (κ2) is 18.1. The van der Waals surface area contributed by atoms with Gasteiger partial charge in [-0.05, 0) is 68.9 Å². The van der Waals surface area contributed by atoms with E-state index in [2.05, 4.69) is 29.5 Å². The zero-order chi connectivity index (χ0) is 23.6. The molecule has 0 aliphatic heterocycles. The van der Waals surface area contributed by atoms with Crippen LogP contribution in [-0.2, 0) is 20.7 Å². The number of Topliss-reactive ketones (excluding diaryl/α,β-unsaturated/α-hetero) is 1. The van der Waals surface area contributed by atoms with Crippen molar-refractivity contribution in [3.8, 4) is 11.5 Å². The molecule has 0 saturated carbocycles. The minimum Gasteiger partial charge on any atom is -0.493 e. The first-order valence-electron chi connectivity index (χ1n) is 11.8. The van der Waals surface area contributed by atoms with Crippen molar-refractivity contribution in [2.75, 3.05) is 37.5 Å². The van der Waals surface area contributed by atoms with Crippen LogP contribution >= 0.6 is 22.6 Å². The van der Waals surface area contributed by atoms with Crippen molar-refractivity contribution in [2.45, 2.75) is 72.1 Å². The smallest absolute Gasteiger partial charge is 0.305 e. The van der Waals surface area contributed by atoms with Crippen LogP contribution in [0.5, 0.6) is 11.5 Å². The first kappa shape index (κ1) is 28.7. The highest BCUT2D eigenvalue weighted by atomic mass is 127. The standard InChI is InChI=1S/C25H39IO6/c1-4-11-22-23(31-19-10-12-24(28)30-5-2)14-13-21(20(3)27)25(22)32-18-9-8-17-29-16-7-6-15-26/h13-14H,4-12,15-19H2,1-3H3. The molecule has 0 amide bonds. The number of esters is 1. The predicted octanol–water partition coefficient (Wildman–Crippen LogP) is 5.95. The fraction of sp³-hybridized carbons (Fsp3) is 0.680. The van der Waals surface area contributed by atoms with E-state index in [1.165, 1.54) is 10.8 Å². The summed E-state index contributed by atoms with van der Waals surface area (Å²) in [4.78, 5) is 23.7. The van der Waals surface area contributed by atoms with Gasteiger partial charge in [-0.2, -0.15) is 0 Å². The van der Waals surface area contributed by atoms with E-state index in [-0.39, 0.29) is 11.8 Å². The monoisotopic (exact) mass is 562 g/mol. The molecule has 0 heterocycles. The number of halogens is 1. The van der Waals surface area contributed by atoms with Crippen LogP contribution in [0.4, 0.5) is 0 Å². The number of hydrogen-bond acceptors (Lipinski definition) is 6. The molecule has 0 spiro atoms. The number of unbranched alkanes of at least 4 members (excludes halogenated alkanes) is 2. The minimum absolute atomic E-state index is 0.0233. The number of benzene rings is 1. The number of alkyl halides is 1. The first-order valence-corrected chi connectivity index (χ1v) is 13.3. The summed E-state index contributed by atoms with van der Waals surface area (Å²) >= 11 is 2.38. The van der Waals surface area contributed by atoms with Crippen molar-refractivity contribution in [3.05, 3.63) is 23.3 Å². The van der Waals surface area contributed by atoms with Gasteiger partial charge in [0.1, 0.15) is 11.5 Å². The van der Waals surface area contributed by atoms with Gasteiger partial charge in [0, 0.05) is 25.2 Å². The van der Waals surface area contributed by atoms with Gasteiger partial charge in [-0.25, -0.2) is 0 Å². The molecule has 0 unspecified atom stereocenters. The molecule has 0 aliphatic carbocycles. The molecular formula is C25H39IO6. The lowest BCUT2D eigenvalue weighted by Gasteiger charge is -2.19. The van der Waals surface area contributed by atoms with Crippen LogP contribution in [0.1, 0.15) is 81.6 Å². The number of ketones is 1. The number of hydrogen-bond donors (Lipinski definition) is 0. The van der Waals surface area contributed by atoms with Crippen molar-refractivity contribution < 1.29 is 28.5 Å². The molecule has 0 bridgehead atoms. The average Bonchev–Trinajstić information content (AvgIpc) is 2.77. The third kappa shape index (κ3) is 11.5. The van der Waals surface area contributed by atoms with E-state index in [9.17, 15) is 9.59 Å². The minimum atomic E-state index is -0.213. The Morgan fingerprint density at radius 3 is 2.25 bits per heavy atom. The van der Waals surface area contributed by atoms with Crippen molar-refractivity contribution in [1.29, 1.82) is 0 Å². The van der Waals surface area contributed by atoms with Gasteiger partial charge < -0.3 is 18.9 Å². The molecular weight excluding hydrogens is 523 g/mol. The van der Waals surface area contributed by atoms with E-state index in [1.807, 2.05) is 6.07 Å². The summed E-state index contributed by atoms with van der Waals surface area (Å²) in [5.41, 5.74) is 1.51. The molecule has 182 valence electrons. The largest absolute Gasteiger partial charge is 0.493 e. The Labute approximate surface area is 206 Å². The van der Waals surface area contributed by atoms with Crippen LogP contribution in [0.3, 0.4) is 0 Å². The Kier molecular flexibility index (Phi) is 16.2. The molecule has 0 saturated heterocycles. The summed E-state index contributed by atoms with van der Waals surface area (Å²) in [5, 5.41) is 0. The lowest BCUT2D eigenvalue weighted by molar-refractivity contribution is -0.143. The SMILES string of the molecule is CCCc1c(OCCCC(=O)OCC)ccc(C(C)=O)c1OCCCCOCCCCI. The topological polar surface area (TPSA) is 71.1 Å². The van der Waals surface area contributed by atoms with Crippen LogP contribution in [0, 0.1) is 0 Å². The van der Waals surface area contributed by atoms with Crippen LogP contribution in [0.2, 0.25) is 0 Å². The summed E-state index contributed by atoms with van der Waals surface area (Å²) in [6, 6.07) is 3.61. The summed E-state index contributed by atoms with van der Waals surface area (Å²) in [6.45, 7) is 8.31. The van der Waals surface area contributed by atoms with Gasteiger partial charge in [-0.15, -0.1) is 0 Å². The van der Waals surface area contributed by atoms with Crippen LogP contribution in [0.15, 0.2) is 12.1 Å². The first-order chi connectivity index (χ1) is 15.5. The van der Waals surface area contributed by atoms with Gasteiger partial charge in [-0.1, -0.05) is 35.9 Å². The molecule has 7 heteroatoms. The van der Waals surface area contributed by atoms with Gasteiger partial charge in [0.2, 0.25) is 0 Å². The summed E-state index contributed by atoms with van der Waals surface area (Å²) in [6.07, 6.45) is 6.64. The Balaban J connectivity index is 2.68. The number of carbonyl (C=O) groups excluding carboxylic acids is 2. The molecule has 6 nitrogen and oxygen atoms in total. The third-order valence-electron chi connectivity index (χ3n) is 4.79. The van der Waals surface area contributed by atoms with E-state index in [4.69, 9.17) is 18.9 Å². The summed E-state index contributed by atoms with van der Waals surface area (Å²) in [7, 11) is 0. The molecule has 0 aliphatic rings. The molecule has 0 N–H and O–H groups in total. The van der Waals surface area contributed by atoms with Crippen molar-refractivity contribution in [1.82, 2.24) is 0 Å². The average molecular weight is 562 g/mol. The molecule has 32 heavy (non-hydrogen) atoms. The number of ether oxygens (including phenoxy) is 4. The van der Waals surface area contributed by atoms with Crippen molar-refractivity contribution in [3.63, 3.8) is 0 Å². The highest BCUT2D eigenvalue weighted by Crippen LogP contribution is 2.34. The molecule has 1 rings (SSSR count). The fourth-order valence-electron chi connectivity index (χ4n) is 3.19. The second-order valence-electron chi connectivity index (χ2n) is 7.55. The van der Waals surface area contributed by atoms with E-state index in [1.54, 1.807) is 19.9 Å². The molecule has 1 aromatic rings. The van der Waals surface area contributed by atoms with Gasteiger partial charge >= 0.3 is 5.97 Å². The van der Waals surface area contributed by atoms with Crippen LogP contribution in [0.25, 0.3) is 0 Å². The van der Waals surface area contributed by atoms with Gasteiger partial charge in [0.05, 0.1) is 25.4 Å². The van der Waals surface area contributed by atoms with E-state index >= 15 is 0 Å². The lowest BCUT2D eigenvalue weighted by Crippen LogP contribution is -2.10. The number of rotatable bonds is 19. The Hall–Kier alpha value is -1.35. The highest BCUT2D eigenvalue weighted by Gasteiger charge is 2.18. The summed E-state index contributed by atoms with van der Waals surface area (Å²) in [5.74, 6) is 1.11. The highest BCUT2D eigenvalue weighted by molar-refractivity contribution is 14.1. The van der Waals surface area contributed by atoms with Gasteiger partial charge in [0.15, 0.2) is 5.78 Å². The zero-order valence-corrected chi connectivity index (χ0v) is 22.0.